The highest BCUT2D eigenvalue weighted by molar-refractivity contribution is 5.50. The molecule has 1 aromatic rings. The molecule has 0 fully saturated rings. The number of hydrogen-bond donors (Lipinski definition) is 0. The van der Waals surface area contributed by atoms with Crippen LogP contribution in [0.1, 0.15) is 17.5 Å². The van der Waals surface area contributed by atoms with Gasteiger partial charge in [-0.25, -0.2) is 4.39 Å². The van der Waals surface area contributed by atoms with Gasteiger partial charge in [-0.3, -0.25) is 0 Å². The van der Waals surface area contributed by atoms with Crippen molar-refractivity contribution in [3.8, 4) is 5.75 Å². The zero-order valence-electron chi connectivity index (χ0n) is 7.75. The first-order chi connectivity index (χ1) is 6.81. The van der Waals surface area contributed by atoms with Gasteiger partial charge in [-0.15, -0.1) is 0 Å². The summed E-state index contributed by atoms with van der Waals surface area (Å²) in [7, 11) is 0. The molecule has 1 heterocycles. The minimum absolute atomic E-state index is 0.271. The Kier molecular flexibility index (Phi) is 2.48. The standard InChI is InChI=1S/C11H11FO2/c12-10-7-11-9(3-5-14-11)6-8(10)2-1-4-13/h4,6-7H,1-3,5H2. The number of aldehydes is 1. The fourth-order valence-corrected chi connectivity index (χ4v) is 1.66. The highest BCUT2D eigenvalue weighted by Crippen LogP contribution is 2.28. The zero-order chi connectivity index (χ0) is 9.97. The first-order valence-corrected chi connectivity index (χ1v) is 4.69. The maximum Gasteiger partial charge on any atom is 0.130 e. The lowest BCUT2D eigenvalue weighted by Crippen LogP contribution is -1.93. The van der Waals surface area contributed by atoms with Crippen LogP contribution in [0.15, 0.2) is 12.1 Å². The van der Waals surface area contributed by atoms with Gasteiger partial charge >= 0.3 is 0 Å². The first-order valence-electron chi connectivity index (χ1n) is 4.69. The molecule has 0 N–H and O–H groups in total. The summed E-state index contributed by atoms with van der Waals surface area (Å²) in [5, 5.41) is 0. The van der Waals surface area contributed by atoms with Gasteiger partial charge in [-0.1, -0.05) is 0 Å². The molecule has 0 amide bonds. The van der Waals surface area contributed by atoms with Crippen LogP contribution in [0.25, 0.3) is 0 Å². The molecule has 1 aliphatic rings. The van der Waals surface area contributed by atoms with Crippen molar-refractivity contribution in [2.45, 2.75) is 19.3 Å². The van der Waals surface area contributed by atoms with E-state index >= 15 is 0 Å². The van der Waals surface area contributed by atoms with Crippen molar-refractivity contribution in [3.05, 3.63) is 29.1 Å². The van der Waals surface area contributed by atoms with Gasteiger partial charge in [0.2, 0.25) is 0 Å². The summed E-state index contributed by atoms with van der Waals surface area (Å²) in [5.74, 6) is 0.379. The van der Waals surface area contributed by atoms with E-state index in [1.54, 1.807) is 6.07 Å². The number of carbonyl (C=O) groups excluding carboxylic acids is 1. The van der Waals surface area contributed by atoms with Crippen molar-refractivity contribution in [3.63, 3.8) is 0 Å². The molecule has 0 bridgehead atoms. The Morgan fingerprint density at radius 1 is 1.50 bits per heavy atom. The molecule has 1 aromatic carbocycles. The Balaban J connectivity index is 2.27. The van der Waals surface area contributed by atoms with Crippen molar-refractivity contribution >= 4 is 6.29 Å². The van der Waals surface area contributed by atoms with Gasteiger partial charge in [0.05, 0.1) is 6.61 Å². The van der Waals surface area contributed by atoms with E-state index in [9.17, 15) is 9.18 Å². The summed E-state index contributed by atoms with van der Waals surface area (Å²) in [4.78, 5) is 10.2. The summed E-state index contributed by atoms with van der Waals surface area (Å²) in [6.45, 7) is 0.631. The van der Waals surface area contributed by atoms with E-state index in [4.69, 9.17) is 4.74 Å². The number of fused-ring (bicyclic) bond motifs is 1. The second kappa shape index (κ2) is 3.78. The molecule has 74 valence electrons. The highest BCUT2D eigenvalue weighted by atomic mass is 19.1. The third-order valence-electron chi connectivity index (χ3n) is 2.39. The predicted octanol–water partition coefficient (Wildman–Crippen LogP) is 1.89. The Hall–Kier alpha value is -1.38. The smallest absolute Gasteiger partial charge is 0.130 e. The lowest BCUT2D eigenvalue weighted by Gasteiger charge is -2.04. The Morgan fingerprint density at radius 2 is 2.36 bits per heavy atom. The van der Waals surface area contributed by atoms with E-state index in [1.165, 1.54) is 6.07 Å². The quantitative estimate of drug-likeness (QED) is 0.687. The minimum Gasteiger partial charge on any atom is -0.493 e. The van der Waals surface area contributed by atoms with Gasteiger partial charge < -0.3 is 9.53 Å². The van der Waals surface area contributed by atoms with E-state index in [-0.39, 0.29) is 5.82 Å². The molecule has 0 saturated heterocycles. The number of carbonyl (C=O) groups is 1. The predicted molar refractivity (Wildman–Crippen MR) is 50.0 cm³/mol. The number of ether oxygens (including phenoxy) is 1. The van der Waals surface area contributed by atoms with E-state index in [0.717, 1.165) is 18.3 Å². The van der Waals surface area contributed by atoms with Crippen LogP contribution in [0.3, 0.4) is 0 Å². The molecule has 14 heavy (non-hydrogen) atoms. The van der Waals surface area contributed by atoms with E-state index in [1.807, 2.05) is 0 Å². The number of hydrogen-bond acceptors (Lipinski definition) is 2. The molecular formula is C11H11FO2. The summed E-state index contributed by atoms with van der Waals surface area (Å²) in [5.41, 5.74) is 1.66. The monoisotopic (exact) mass is 194 g/mol. The molecule has 2 nitrogen and oxygen atoms in total. The van der Waals surface area contributed by atoms with E-state index < -0.39 is 0 Å². The third kappa shape index (κ3) is 1.62. The average Bonchev–Trinajstić information content (AvgIpc) is 2.61. The topological polar surface area (TPSA) is 26.3 Å². The molecule has 0 saturated carbocycles. The SMILES string of the molecule is O=CCCc1cc2c(cc1F)OCC2. The molecule has 0 spiro atoms. The Labute approximate surface area is 81.7 Å². The third-order valence-corrected chi connectivity index (χ3v) is 2.39. The zero-order valence-corrected chi connectivity index (χ0v) is 7.75. The van der Waals surface area contributed by atoms with Gasteiger partial charge in [-0.2, -0.15) is 0 Å². The van der Waals surface area contributed by atoms with Crippen LogP contribution >= 0.6 is 0 Å². The van der Waals surface area contributed by atoms with Gasteiger partial charge in [0.15, 0.2) is 0 Å². The number of halogens is 1. The van der Waals surface area contributed by atoms with Crippen molar-refractivity contribution in [2.75, 3.05) is 6.61 Å². The normalized spacial score (nSPS) is 13.5. The molecule has 1 aliphatic heterocycles. The van der Waals surface area contributed by atoms with Crippen molar-refractivity contribution in [2.24, 2.45) is 0 Å². The molecule has 0 unspecified atom stereocenters. The van der Waals surface area contributed by atoms with Crippen LogP contribution in [0.5, 0.6) is 5.75 Å². The van der Waals surface area contributed by atoms with Gasteiger partial charge in [0, 0.05) is 18.9 Å². The van der Waals surface area contributed by atoms with E-state index in [2.05, 4.69) is 0 Å². The molecule has 0 atom stereocenters. The molecule has 0 aliphatic carbocycles. The molecular weight excluding hydrogens is 183 g/mol. The minimum atomic E-state index is -0.271. The van der Waals surface area contributed by atoms with Gasteiger partial charge in [0.1, 0.15) is 17.9 Å². The molecule has 3 heteroatoms. The van der Waals surface area contributed by atoms with Crippen LogP contribution in [0, 0.1) is 5.82 Å². The largest absolute Gasteiger partial charge is 0.493 e. The van der Waals surface area contributed by atoms with E-state index in [0.29, 0.717) is 30.8 Å². The maximum atomic E-state index is 13.4. The van der Waals surface area contributed by atoms with Crippen LogP contribution in [0.2, 0.25) is 0 Å². The summed E-state index contributed by atoms with van der Waals surface area (Å²) in [6.07, 6.45) is 2.49. The Bertz CT molecular complexity index is 361. The highest BCUT2D eigenvalue weighted by Gasteiger charge is 2.15. The lowest BCUT2D eigenvalue weighted by molar-refractivity contribution is -0.107. The van der Waals surface area contributed by atoms with Crippen LogP contribution in [-0.2, 0) is 17.6 Å². The van der Waals surface area contributed by atoms with Crippen molar-refractivity contribution in [1.29, 1.82) is 0 Å². The van der Waals surface area contributed by atoms with Crippen molar-refractivity contribution in [1.82, 2.24) is 0 Å². The van der Waals surface area contributed by atoms with Crippen LogP contribution < -0.4 is 4.74 Å². The average molecular weight is 194 g/mol. The molecule has 0 aromatic heterocycles. The summed E-state index contributed by atoms with van der Waals surface area (Å²) < 4.78 is 18.6. The fourth-order valence-electron chi connectivity index (χ4n) is 1.66. The van der Waals surface area contributed by atoms with Crippen LogP contribution in [-0.4, -0.2) is 12.9 Å². The number of aryl methyl sites for hydroxylation is 1. The summed E-state index contributed by atoms with van der Waals surface area (Å²) >= 11 is 0. The second-order valence-corrected chi connectivity index (χ2v) is 3.36. The van der Waals surface area contributed by atoms with Gasteiger partial charge in [0.25, 0.3) is 0 Å². The number of benzene rings is 1. The lowest BCUT2D eigenvalue weighted by atomic mass is 10.0. The summed E-state index contributed by atoms with van der Waals surface area (Å²) in [6, 6.07) is 3.23. The Morgan fingerprint density at radius 3 is 3.14 bits per heavy atom. The number of rotatable bonds is 3. The maximum absolute atomic E-state index is 13.4. The van der Waals surface area contributed by atoms with Gasteiger partial charge in [-0.05, 0) is 23.6 Å². The second-order valence-electron chi connectivity index (χ2n) is 3.36. The molecule has 0 radical (unpaired) electrons. The fraction of sp³-hybridized carbons (Fsp3) is 0.364. The molecule has 2 rings (SSSR count). The van der Waals surface area contributed by atoms with Crippen molar-refractivity contribution < 1.29 is 13.9 Å². The van der Waals surface area contributed by atoms with Crippen LogP contribution in [0.4, 0.5) is 4.39 Å². The first kappa shape index (κ1) is 9.19.